The van der Waals surface area contributed by atoms with Gasteiger partial charge in [-0.25, -0.2) is 14.5 Å². The fourth-order valence-electron chi connectivity index (χ4n) is 1.91. The highest BCUT2D eigenvalue weighted by molar-refractivity contribution is 7.21. The van der Waals surface area contributed by atoms with E-state index in [0.717, 1.165) is 35.9 Å². The number of hydrogen-bond acceptors (Lipinski definition) is 5. The molecule has 3 aromatic heterocycles. The highest BCUT2D eigenvalue weighted by atomic mass is 35.5. The van der Waals surface area contributed by atoms with Crippen LogP contribution in [0.5, 0.6) is 0 Å². The van der Waals surface area contributed by atoms with Crippen LogP contribution >= 0.6 is 34.3 Å². The molecule has 1 aromatic carbocycles. The molecule has 3 heterocycles. The van der Waals surface area contributed by atoms with Crippen molar-refractivity contribution in [1.82, 2.24) is 19.6 Å². The summed E-state index contributed by atoms with van der Waals surface area (Å²) in [5.74, 6) is 0. The van der Waals surface area contributed by atoms with E-state index in [2.05, 4.69) is 15.1 Å². The number of halogens is 1. The lowest BCUT2D eigenvalue weighted by molar-refractivity contribution is 0.946. The summed E-state index contributed by atoms with van der Waals surface area (Å²) in [6.07, 6.45) is 1.91. The molecule has 0 unspecified atom stereocenters. The number of aryl methyl sites for hydroxylation is 1. The number of rotatable bonds is 1. The Labute approximate surface area is 121 Å². The fraction of sp³-hybridized carbons (Fsp3) is 0.0833. The second kappa shape index (κ2) is 4.00. The zero-order chi connectivity index (χ0) is 13.0. The molecular weight excluding hydrogens is 300 g/mol. The van der Waals surface area contributed by atoms with Crippen molar-refractivity contribution >= 4 is 49.5 Å². The third kappa shape index (κ3) is 1.83. The van der Waals surface area contributed by atoms with Gasteiger partial charge in [-0.15, -0.1) is 11.3 Å². The van der Waals surface area contributed by atoms with E-state index >= 15 is 0 Å². The van der Waals surface area contributed by atoms with Crippen molar-refractivity contribution in [2.75, 3.05) is 0 Å². The quantitative estimate of drug-likeness (QED) is 0.533. The van der Waals surface area contributed by atoms with E-state index in [1.807, 2.05) is 31.3 Å². The molecule has 4 nitrogen and oxygen atoms in total. The number of thiazole rings is 1. The van der Waals surface area contributed by atoms with Gasteiger partial charge in [0.2, 0.25) is 4.96 Å². The van der Waals surface area contributed by atoms with Gasteiger partial charge >= 0.3 is 0 Å². The van der Waals surface area contributed by atoms with Crippen molar-refractivity contribution in [2.45, 2.75) is 6.92 Å². The van der Waals surface area contributed by atoms with Crippen LogP contribution in [-0.2, 0) is 0 Å². The van der Waals surface area contributed by atoms with Crippen LogP contribution in [0.3, 0.4) is 0 Å². The van der Waals surface area contributed by atoms with Gasteiger partial charge in [0.15, 0.2) is 0 Å². The van der Waals surface area contributed by atoms with E-state index in [1.165, 1.54) is 0 Å². The molecule has 0 radical (unpaired) electrons. The molecule has 0 atom stereocenters. The first kappa shape index (κ1) is 11.3. The Balaban J connectivity index is 1.90. The largest absolute Gasteiger partial charge is 0.234 e. The molecule has 0 aliphatic heterocycles. The number of nitrogens with zero attached hydrogens (tertiary/aromatic N) is 4. The van der Waals surface area contributed by atoms with Crippen molar-refractivity contribution in [3.63, 3.8) is 0 Å². The average Bonchev–Trinajstić information content (AvgIpc) is 2.99. The predicted octanol–water partition coefficient (Wildman–Crippen LogP) is 4.03. The topological polar surface area (TPSA) is 43.1 Å². The van der Waals surface area contributed by atoms with E-state index in [4.69, 9.17) is 11.6 Å². The lowest BCUT2D eigenvalue weighted by Gasteiger charge is -1.86. The van der Waals surface area contributed by atoms with Gasteiger partial charge in [0, 0.05) is 5.02 Å². The third-order valence-corrected chi connectivity index (χ3v) is 4.83. The summed E-state index contributed by atoms with van der Waals surface area (Å²) in [6, 6.07) is 5.71. The molecular formula is C12H7ClN4S2. The Kier molecular flexibility index (Phi) is 2.38. The maximum absolute atomic E-state index is 5.99. The molecule has 0 aliphatic rings. The number of imidazole rings is 1. The van der Waals surface area contributed by atoms with Crippen LogP contribution in [0.1, 0.15) is 5.01 Å². The summed E-state index contributed by atoms with van der Waals surface area (Å²) in [6.45, 7) is 1.97. The minimum atomic E-state index is 0.728. The molecule has 19 heavy (non-hydrogen) atoms. The SMILES string of the molecule is Cc1nn2cc(-c3nc4ccc(Cl)cc4s3)nc2s1. The highest BCUT2D eigenvalue weighted by Gasteiger charge is 2.12. The van der Waals surface area contributed by atoms with Gasteiger partial charge in [0.25, 0.3) is 0 Å². The summed E-state index contributed by atoms with van der Waals surface area (Å²) >= 11 is 9.16. The normalized spacial score (nSPS) is 11.7. The van der Waals surface area contributed by atoms with Crippen molar-refractivity contribution in [3.05, 3.63) is 34.4 Å². The van der Waals surface area contributed by atoms with Gasteiger partial charge in [-0.1, -0.05) is 22.9 Å². The second-order valence-electron chi connectivity index (χ2n) is 4.11. The minimum absolute atomic E-state index is 0.728. The van der Waals surface area contributed by atoms with Crippen LogP contribution in [0.25, 0.3) is 25.9 Å². The lowest BCUT2D eigenvalue weighted by atomic mass is 10.3. The van der Waals surface area contributed by atoms with Crippen molar-refractivity contribution < 1.29 is 0 Å². The molecule has 0 spiro atoms. The minimum Gasteiger partial charge on any atom is -0.234 e. The van der Waals surface area contributed by atoms with Gasteiger partial charge in [0.1, 0.15) is 15.7 Å². The van der Waals surface area contributed by atoms with E-state index in [1.54, 1.807) is 27.2 Å². The predicted molar refractivity (Wildman–Crippen MR) is 79.2 cm³/mol. The van der Waals surface area contributed by atoms with E-state index in [0.29, 0.717) is 0 Å². The molecule has 4 aromatic rings. The standard InChI is InChI=1S/C12H7ClN4S2/c1-6-16-17-5-9(15-12(17)18-6)11-14-8-3-2-7(13)4-10(8)19-11/h2-5H,1H3. The van der Waals surface area contributed by atoms with Crippen molar-refractivity contribution in [3.8, 4) is 10.7 Å². The van der Waals surface area contributed by atoms with Crippen LogP contribution in [0, 0.1) is 6.92 Å². The first-order valence-corrected chi connectivity index (χ1v) is 7.59. The zero-order valence-electron chi connectivity index (χ0n) is 9.79. The summed E-state index contributed by atoms with van der Waals surface area (Å²) in [5.41, 5.74) is 1.81. The summed E-state index contributed by atoms with van der Waals surface area (Å²) in [7, 11) is 0. The van der Waals surface area contributed by atoms with Crippen LogP contribution < -0.4 is 0 Å². The Morgan fingerprint density at radius 1 is 1.21 bits per heavy atom. The van der Waals surface area contributed by atoms with E-state index in [-0.39, 0.29) is 0 Å². The average molecular weight is 307 g/mol. The summed E-state index contributed by atoms with van der Waals surface area (Å²) in [4.78, 5) is 10.0. The first-order chi connectivity index (χ1) is 9.19. The molecule has 0 N–H and O–H groups in total. The Hall–Kier alpha value is -1.50. The van der Waals surface area contributed by atoms with Crippen LogP contribution in [0.2, 0.25) is 5.02 Å². The Bertz CT molecular complexity index is 874. The fourth-order valence-corrected chi connectivity index (χ4v) is 3.83. The number of benzene rings is 1. The third-order valence-electron chi connectivity index (χ3n) is 2.71. The van der Waals surface area contributed by atoms with Gasteiger partial charge in [-0.2, -0.15) is 5.10 Å². The maximum atomic E-state index is 5.99. The summed E-state index contributed by atoms with van der Waals surface area (Å²) < 4.78 is 2.87. The molecule has 0 bridgehead atoms. The van der Waals surface area contributed by atoms with Crippen LogP contribution in [-0.4, -0.2) is 19.6 Å². The van der Waals surface area contributed by atoms with Gasteiger partial charge in [0.05, 0.1) is 16.4 Å². The molecule has 0 saturated carbocycles. The molecule has 94 valence electrons. The maximum Gasteiger partial charge on any atom is 0.212 e. The monoisotopic (exact) mass is 306 g/mol. The van der Waals surface area contributed by atoms with Crippen LogP contribution in [0.15, 0.2) is 24.4 Å². The Morgan fingerprint density at radius 2 is 2.11 bits per heavy atom. The first-order valence-electron chi connectivity index (χ1n) is 5.58. The molecule has 0 fully saturated rings. The Morgan fingerprint density at radius 3 is 2.95 bits per heavy atom. The number of hydrogen-bond donors (Lipinski definition) is 0. The molecule has 0 saturated heterocycles. The zero-order valence-corrected chi connectivity index (χ0v) is 12.2. The van der Waals surface area contributed by atoms with Gasteiger partial charge in [-0.05, 0) is 25.1 Å². The molecule has 4 rings (SSSR count). The molecule has 7 heteroatoms. The number of fused-ring (bicyclic) bond motifs is 2. The second-order valence-corrected chi connectivity index (χ2v) is 6.73. The van der Waals surface area contributed by atoms with E-state index < -0.39 is 0 Å². The lowest BCUT2D eigenvalue weighted by Crippen LogP contribution is -1.79. The van der Waals surface area contributed by atoms with Crippen molar-refractivity contribution in [1.29, 1.82) is 0 Å². The van der Waals surface area contributed by atoms with Crippen LogP contribution in [0.4, 0.5) is 0 Å². The smallest absolute Gasteiger partial charge is 0.212 e. The van der Waals surface area contributed by atoms with E-state index in [9.17, 15) is 0 Å². The molecule has 0 amide bonds. The molecule has 0 aliphatic carbocycles. The van der Waals surface area contributed by atoms with Gasteiger partial charge < -0.3 is 0 Å². The highest BCUT2D eigenvalue weighted by Crippen LogP contribution is 2.31. The summed E-state index contributed by atoms with van der Waals surface area (Å²) in [5, 5.41) is 6.98. The van der Waals surface area contributed by atoms with Crippen molar-refractivity contribution in [2.24, 2.45) is 0 Å². The number of aromatic nitrogens is 4. The van der Waals surface area contributed by atoms with Gasteiger partial charge in [-0.3, -0.25) is 0 Å².